The number of rotatable bonds is 27. The topological polar surface area (TPSA) is 26.3 Å². The number of carbonyl (C=O) groups excluding carboxylic acids is 1. The summed E-state index contributed by atoms with van der Waals surface area (Å²) in [6.07, 6.45) is 31.6. The van der Waals surface area contributed by atoms with Gasteiger partial charge in [-0.25, -0.2) is 0 Å². The molecule has 2 nitrogen and oxygen atoms in total. The van der Waals surface area contributed by atoms with Crippen LogP contribution in [0.2, 0.25) is 0 Å². The lowest BCUT2D eigenvalue weighted by Crippen LogP contribution is -2.20. The van der Waals surface area contributed by atoms with Gasteiger partial charge in [0, 0.05) is 0 Å². The molecule has 2 heteroatoms. The molecular formula is C32H64O2. The Morgan fingerprint density at radius 3 is 1.21 bits per heavy atom. The van der Waals surface area contributed by atoms with Crippen LogP contribution in [0.15, 0.2) is 0 Å². The van der Waals surface area contributed by atoms with E-state index in [1.165, 1.54) is 148 Å². The maximum Gasteiger partial charge on any atom is 0.308 e. The average molecular weight is 481 g/mol. The van der Waals surface area contributed by atoms with Crippen LogP contribution < -0.4 is 0 Å². The van der Waals surface area contributed by atoms with E-state index in [0.717, 1.165) is 6.42 Å². The molecule has 1 unspecified atom stereocenters. The molecule has 0 radical (unpaired) electrons. The molecule has 0 rings (SSSR count). The van der Waals surface area contributed by atoms with Crippen LogP contribution >= 0.6 is 0 Å². The van der Waals surface area contributed by atoms with E-state index in [4.69, 9.17) is 4.74 Å². The molecular weight excluding hydrogens is 416 g/mol. The molecule has 0 bridgehead atoms. The highest BCUT2D eigenvalue weighted by Crippen LogP contribution is 2.21. The zero-order valence-corrected chi connectivity index (χ0v) is 24.1. The van der Waals surface area contributed by atoms with Gasteiger partial charge in [-0.1, -0.05) is 163 Å². The van der Waals surface area contributed by atoms with E-state index >= 15 is 0 Å². The van der Waals surface area contributed by atoms with Gasteiger partial charge in [-0.15, -0.1) is 0 Å². The summed E-state index contributed by atoms with van der Waals surface area (Å²) < 4.78 is 5.85. The van der Waals surface area contributed by atoms with Gasteiger partial charge in [0.2, 0.25) is 0 Å². The van der Waals surface area contributed by atoms with E-state index in [1.54, 1.807) is 0 Å². The van der Waals surface area contributed by atoms with Gasteiger partial charge in [-0.2, -0.15) is 0 Å². The maximum absolute atomic E-state index is 12.6. The fourth-order valence-electron chi connectivity index (χ4n) is 4.96. The fraction of sp³-hybridized carbons (Fsp3) is 0.969. The van der Waals surface area contributed by atoms with Crippen LogP contribution in [0.25, 0.3) is 0 Å². The van der Waals surface area contributed by atoms with Crippen molar-refractivity contribution in [2.45, 2.75) is 182 Å². The molecule has 0 amide bonds. The summed E-state index contributed by atoms with van der Waals surface area (Å²) in [7, 11) is 0. The third-order valence-electron chi connectivity index (χ3n) is 7.54. The molecule has 0 fully saturated rings. The molecule has 0 saturated carbocycles. The van der Waals surface area contributed by atoms with Crippen molar-refractivity contribution >= 4 is 5.97 Å². The lowest BCUT2D eigenvalue weighted by Gasteiger charge is -2.19. The first kappa shape index (κ1) is 33.5. The quantitative estimate of drug-likeness (QED) is 0.0862. The van der Waals surface area contributed by atoms with Gasteiger partial charge in [0.1, 0.15) is 0 Å². The molecule has 0 aromatic heterocycles. The number of ether oxygens (including phenoxy) is 1. The van der Waals surface area contributed by atoms with Gasteiger partial charge < -0.3 is 4.74 Å². The van der Waals surface area contributed by atoms with E-state index in [9.17, 15) is 4.79 Å². The van der Waals surface area contributed by atoms with Crippen molar-refractivity contribution in [2.24, 2.45) is 11.8 Å². The summed E-state index contributed by atoms with van der Waals surface area (Å²) in [5.41, 5.74) is 0. The molecule has 0 aromatic rings. The zero-order valence-electron chi connectivity index (χ0n) is 24.1. The van der Waals surface area contributed by atoms with Crippen LogP contribution in [-0.4, -0.2) is 12.6 Å². The highest BCUT2D eigenvalue weighted by atomic mass is 16.5. The van der Waals surface area contributed by atoms with Gasteiger partial charge in [-0.05, 0) is 25.2 Å². The summed E-state index contributed by atoms with van der Waals surface area (Å²) in [6, 6.07) is 0. The standard InChI is InChI=1S/C32H64O2/c1-5-8-11-14-17-18-19-20-23-26-30(4)32(33)34-29-31(27-24-21-15-12-9-6-2)28-25-22-16-13-10-7-3/h30-31H,5-29H2,1-4H3. The molecule has 0 aliphatic carbocycles. The Kier molecular flexibility index (Phi) is 26.6. The summed E-state index contributed by atoms with van der Waals surface area (Å²) in [4.78, 5) is 12.6. The van der Waals surface area contributed by atoms with Crippen LogP contribution in [0.3, 0.4) is 0 Å². The number of unbranched alkanes of at least 4 members (excludes halogenated alkanes) is 18. The van der Waals surface area contributed by atoms with Crippen molar-refractivity contribution in [3.8, 4) is 0 Å². The van der Waals surface area contributed by atoms with Crippen LogP contribution in [0, 0.1) is 11.8 Å². The first-order chi connectivity index (χ1) is 16.7. The molecule has 1 atom stereocenters. The molecule has 0 aromatic carbocycles. The molecule has 34 heavy (non-hydrogen) atoms. The Bertz CT molecular complexity index is 390. The highest BCUT2D eigenvalue weighted by molar-refractivity contribution is 5.71. The first-order valence-corrected chi connectivity index (χ1v) is 15.8. The number of esters is 1. The Labute approximate surface area is 215 Å². The van der Waals surface area contributed by atoms with E-state index in [2.05, 4.69) is 27.7 Å². The monoisotopic (exact) mass is 480 g/mol. The minimum Gasteiger partial charge on any atom is -0.465 e. The Hall–Kier alpha value is -0.530. The third-order valence-corrected chi connectivity index (χ3v) is 7.54. The third kappa shape index (κ3) is 23.2. The van der Waals surface area contributed by atoms with E-state index in [1.807, 2.05) is 0 Å². The number of carbonyl (C=O) groups is 1. The maximum atomic E-state index is 12.6. The molecule has 0 aliphatic rings. The second kappa shape index (κ2) is 27.1. The smallest absolute Gasteiger partial charge is 0.308 e. The zero-order chi connectivity index (χ0) is 25.1. The predicted octanol–water partition coefficient (Wildman–Crippen LogP) is 11.2. The minimum atomic E-state index is 0.0513. The van der Waals surface area contributed by atoms with Crippen LogP contribution in [-0.2, 0) is 9.53 Å². The van der Waals surface area contributed by atoms with E-state index < -0.39 is 0 Å². The van der Waals surface area contributed by atoms with Crippen LogP contribution in [0.1, 0.15) is 182 Å². The largest absolute Gasteiger partial charge is 0.465 e. The summed E-state index contributed by atoms with van der Waals surface area (Å²) in [5.74, 6) is 0.685. The van der Waals surface area contributed by atoms with Crippen molar-refractivity contribution in [3.05, 3.63) is 0 Å². The van der Waals surface area contributed by atoms with Crippen molar-refractivity contribution in [3.63, 3.8) is 0 Å². The number of hydrogen-bond acceptors (Lipinski definition) is 2. The minimum absolute atomic E-state index is 0.0513. The van der Waals surface area contributed by atoms with Crippen molar-refractivity contribution in [1.29, 1.82) is 0 Å². The lowest BCUT2D eigenvalue weighted by atomic mass is 9.94. The molecule has 0 heterocycles. The molecule has 0 spiro atoms. The average Bonchev–Trinajstić information content (AvgIpc) is 2.84. The normalized spacial score (nSPS) is 12.4. The molecule has 0 N–H and O–H groups in total. The van der Waals surface area contributed by atoms with Gasteiger partial charge in [-0.3, -0.25) is 4.79 Å². The Morgan fingerprint density at radius 1 is 0.500 bits per heavy atom. The van der Waals surface area contributed by atoms with Gasteiger partial charge in [0.05, 0.1) is 12.5 Å². The molecule has 0 aliphatic heterocycles. The lowest BCUT2D eigenvalue weighted by molar-refractivity contribution is -0.149. The second-order valence-corrected chi connectivity index (χ2v) is 11.1. The Morgan fingerprint density at radius 2 is 0.824 bits per heavy atom. The van der Waals surface area contributed by atoms with Crippen molar-refractivity contribution < 1.29 is 9.53 Å². The SMILES string of the molecule is CCCCCCCCCCCC(C)C(=O)OCC(CCCCCCCC)CCCCCCCC. The van der Waals surface area contributed by atoms with Gasteiger partial charge in [0.15, 0.2) is 0 Å². The second-order valence-electron chi connectivity index (χ2n) is 11.1. The summed E-state index contributed by atoms with van der Waals surface area (Å²) in [6.45, 7) is 9.56. The van der Waals surface area contributed by atoms with Gasteiger partial charge >= 0.3 is 5.97 Å². The van der Waals surface area contributed by atoms with Crippen LogP contribution in [0.4, 0.5) is 0 Å². The van der Waals surface area contributed by atoms with Crippen molar-refractivity contribution in [1.82, 2.24) is 0 Å². The van der Waals surface area contributed by atoms with Gasteiger partial charge in [0.25, 0.3) is 0 Å². The molecule has 0 saturated heterocycles. The highest BCUT2D eigenvalue weighted by Gasteiger charge is 2.17. The van der Waals surface area contributed by atoms with E-state index in [0.29, 0.717) is 12.5 Å². The Balaban J connectivity index is 4.05. The number of hydrogen-bond donors (Lipinski definition) is 0. The predicted molar refractivity (Wildman–Crippen MR) is 151 cm³/mol. The first-order valence-electron chi connectivity index (χ1n) is 15.8. The van der Waals surface area contributed by atoms with E-state index in [-0.39, 0.29) is 11.9 Å². The van der Waals surface area contributed by atoms with Crippen molar-refractivity contribution in [2.75, 3.05) is 6.61 Å². The summed E-state index contributed by atoms with van der Waals surface area (Å²) >= 11 is 0. The molecule has 204 valence electrons. The fourth-order valence-corrected chi connectivity index (χ4v) is 4.96. The summed E-state index contributed by atoms with van der Waals surface area (Å²) in [5, 5.41) is 0. The van der Waals surface area contributed by atoms with Crippen LogP contribution in [0.5, 0.6) is 0 Å².